The Morgan fingerprint density at radius 3 is 2.22 bits per heavy atom. The number of phenols is 1. The summed E-state index contributed by atoms with van der Waals surface area (Å²) in [5.41, 5.74) is 1.65. The molecular weight excluding hydrogens is 486 g/mol. The van der Waals surface area contributed by atoms with Crippen LogP contribution < -0.4 is 4.74 Å². The summed E-state index contributed by atoms with van der Waals surface area (Å²) >= 11 is 6.10. The Morgan fingerprint density at radius 1 is 0.972 bits per heavy atom. The van der Waals surface area contributed by atoms with Crippen LogP contribution >= 0.6 is 11.6 Å². The van der Waals surface area contributed by atoms with Crippen molar-refractivity contribution in [2.24, 2.45) is 0 Å². The first-order valence-electron chi connectivity index (χ1n) is 10.8. The number of aromatic hydroxyl groups is 1. The van der Waals surface area contributed by atoms with Crippen LogP contribution in [0, 0.1) is 0 Å². The van der Waals surface area contributed by atoms with Crippen LogP contribution in [0.25, 0.3) is 5.76 Å². The first-order valence-corrected chi connectivity index (χ1v) is 11.2. The van der Waals surface area contributed by atoms with Crippen molar-refractivity contribution in [3.8, 4) is 11.5 Å². The SMILES string of the molecule is COC(=O)c1ccc(CN2C(=O)C(=O)/C(=C(\O)c3ccc(Cl)c(OC)c3)C2c2ccc(O)cc2)cc1. The number of phenolic OH excluding ortho intramolecular Hbond substituents is 1. The average molecular weight is 508 g/mol. The third kappa shape index (κ3) is 4.63. The molecule has 1 atom stereocenters. The summed E-state index contributed by atoms with van der Waals surface area (Å²) in [6.07, 6.45) is 0. The van der Waals surface area contributed by atoms with Crippen molar-refractivity contribution in [2.45, 2.75) is 12.6 Å². The van der Waals surface area contributed by atoms with Crippen molar-refractivity contribution in [3.63, 3.8) is 0 Å². The zero-order chi connectivity index (χ0) is 26.0. The number of nitrogens with zero attached hydrogens (tertiary/aromatic N) is 1. The zero-order valence-corrected chi connectivity index (χ0v) is 20.2. The third-order valence-electron chi connectivity index (χ3n) is 5.90. The van der Waals surface area contributed by atoms with Crippen LogP contribution in [0.1, 0.15) is 33.1 Å². The Kier molecular flexibility index (Phi) is 6.98. The fourth-order valence-electron chi connectivity index (χ4n) is 4.07. The molecule has 184 valence electrons. The van der Waals surface area contributed by atoms with E-state index >= 15 is 0 Å². The van der Waals surface area contributed by atoms with E-state index in [1.807, 2.05) is 0 Å². The van der Waals surface area contributed by atoms with Gasteiger partial charge in [0, 0.05) is 12.1 Å². The fourth-order valence-corrected chi connectivity index (χ4v) is 4.26. The number of aliphatic hydroxyl groups is 1. The summed E-state index contributed by atoms with van der Waals surface area (Å²) in [7, 11) is 2.70. The minimum absolute atomic E-state index is 0.0107. The van der Waals surface area contributed by atoms with Gasteiger partial charge in [0.2, 0.25) is 0 Å². The summed E-state index contributed by atoms with van der Waals surface area (Å²) in [5.74, 6) is -2.23. The van der Waals surface area contributed by atoms with E-state index < -0.39 is 23.7 Å². The molecule has 1 aliphatic rings. The lowest BCUT2D eigenvalue weighted by molar-refractivity contribution is -0.140. The summed E-state index contributed by atoms with van der Waals surface area (Å²) in [6, 6.07) is 16.0. The van der Waals surface area contributed by atoms with Crippen molar-refractivity contribution >= 4 is 35.0 Å². The molecule has 0 aromatic heterocycles. The number of amides is 1. The molecule has 1 amide bonds. The van der Waals surface area contributed by atoms with E-state index in [9.17, 15) is 24.6 Å². The molecule has 0 saturated carbocycles. The van der Waals surface area contributed by atoms with Crippen molar-refractivity contribution in [1.29, 1.82) is 0 Å². The number of Topliss-reactive ketones (excluding diaryl/α,β-unsaturated/α-hetero) is 1. The second kappa shape index (κ2) is 10.1. The molecule has 1 heterocycles. The molecule has 2 N–H and O–H groups in total. The van der Waals surface area contributed by atoms with E-state index in [4.69, 9.17) is 21.1 Å². The van der Waals surface area contributed by atoms with E-state index in [-0.39, 0.29) is 29.2 Å². The molecule has 0 aliphatic carbocycles. The Bertz CT molecular complexity index is 1360. The second-order valence-corrected chi connectivity index (χ2v) is 8.46. The van der Waals surface area contributed by atoms with Gasteiger partial charge in [-0.15, -0.1) is 0 Å². The predicted octanol–water partition coefficient (Wildman–Crippen LogP) is 4.46. The molecule has 1 saturated heterocycles. The number of rotatable bonds is 6. The lowest BCUT2D eigenvalue weighted by atomic mass is 9.95. The first kappa shape index (κ1) is 24.8. The summed E-state index contributed by atoms with van der Waals surface area (Å²) < 4.78 is 9.93. The van der Waals surface area contributed by atoms with Gasteiger partial charge in [0.25, 0.3) is 11.7 Å². The third-order valence-corrected chi connectivity index (χ3v) is 6.21. The molecule has 9 heteroatoms. The lowest BCUT2D eigenvalue weighted by Gasteiger charge is -2.25. The number of carbonyl (C=O) groups excluding carboxylic acids is 3. The van der Waals surface area contributed by atoms with Gasteiger partial charge in [-0.25, -0.2) is 4.79 Å². The van der Waals surface area contributed by atoms with Gasteiger partial charge in [0.05, 0.1) is 36.4 Å². The number of ketones is 1. The van der Waals surface area contributed by atoms with Crippen LogP contribution in [0.5, 0.6) is 11.5 Å². The maximum atomic E-state index is 13.2. The molecule has 4 rings (SSSR count). The van der Waals surface area contributed by atoms with E-state index in [1.54, 1.807) is 36.4 Å². The standard InChI is InChI=1S/C27H22ClNO7/c1-35-21-13-18(9-12-20(21)28)24(31)22-23(16-7-10-19(30)11-8-16)29(26(33)25(22)32)14-15-3-5-17(6-4-15)27(34)36-2/h3-13,23,30-31H,14H2,1-2H3/b24-22-. The predicted molar refractivity (Wildman–Crippen MR) is 132 cm³/mol. The monoisotopic (exact) mass is 507 g/mol. The van der Waals surface area contributed by atoms with Gasteiger partial charge in [0.15, 0.2) is 0 Å². The first-order chi connectivity index (χ1) is 17.2. The summed E-state index contributed by atoms with van der Waals surface area (Å²) in [5, 5.41) is 21.3. The highest BCUT2D eigenvalue weighted by Gasteiger charge is 2.46. The number of aliphatic hydroxyl groups excluding tert-OH is 1. The number of benzene rings is 3. The van der Waals surface area contributed by atoms with Gasteiger partial charge in [-0.2, -0.15) is 0 Å². The Labute approximate surface area is 211 Å². The number of likely N-dealkylation sites (tertiary alicyclic amines) is 1. The molecule has 0 radical (unpaired) electrons. The molecule has 0 spiro atoms. The molecule has 36 heavy (non-hydrogen) atoms. The zero-order valence-electron chi connectivity index (χ0n) is 19.4. The number of ether oxygens (including phenoxy) is 2. The normalized spacial score (nSPS) is 16.8. The quantitative estimate of drug-likeness (QED) is 0.219. The van der Waals surface area contributed by atoms with Gasteiger partial charge in [-0.05, 0) is 53.6 Å². The average Bonchev–Trinajstić information content (AvgIpc) is 3.14. The highest BCUT2D eigenvalue weighted by Crippen LogP contribution is 2.41. The van der Waals surface area contributed by atoms with Crippen LogP contribution in [0.4, 0.5) is 0 Å². The van der Waals surface area contributed by atoms with Gasteiger partial charge < -0.3 is 24.6 Å². The molecule has 0 bridgehead atoms. The minimum atomic E-state index is -0.937. The van der Waals surface area contributed by atoms with Gasteiger partial charge in [-0.1, -0.05) is 35.9 Å². The highest BCUT2D eigenvalue weighted by atomic mass is 35.5. The van der Waals surface area contributed by atoms with Crippen molar-refractivity contribution in [2.75, 3.05) is 14.2 Å². The Hall–Kier alpha value is -4.30. The summed E-state index contributed by atoms with van der Waals surface area (Å²) in [4.78, 5) is 39.4. The molecule has 1 aliphatic heterocycles. The number of hydrogen-bond acceptors (Lipinski definition) is 7. The van der Waals surface area contributed by atoms with Crippen LogP contribution in [-0.4, -0.2) is 47.0 Å². The number of carbonyl (C=O) groups is 3. The maximum Gasteiger partial charge on any atom is 0.337 e. The highest BCUT2D eigenvalue weighted by molar-refractivity contribution is 6.46. The fraction of sp³-hybridized carbons (Fsp3) is 0.148. The lowest BCUT2D eigenvalue weighted by Crippen LogP contribution is -2.29. The van der Waals surface area contributed by atoms with E-state index in [0.717, 1.165) is 0 Å². The van der Waals surface area contributed by atoms with E-state index in [0.29, 0.717) is 27.5 Å². The molecule has 1 fully saturated rings. The molecule has 8 nitrogen and oxygen atoms in total. The molecule has 3 aromatic rings. The smallest absolute Gasteiger partial charge is 0.337 e. The maximum absolute atomic E-state index is 13.2. The summed E-state index contributed by atoms with van der Waals surface area (Å²) in [6.45, 7) is 0.0261. The van der Waals surface area contributed by atoms with E-state index in [1.165, 1.54) is 49.5 Å². The Balaban J connectivity index is 1.81. The Morgan fingerprint density at radius 2 is 1.61 bits per heavy atom. The van der Waals surface area contributed by atoms with Gasteiger partial charge in [-0.3, -0.25) is 9.59 Å². The van der Waals surface area contributed by atoms with Crippen LogP contribution in [0.2, 0.25) is 5.02 Å². The number of esters is 1. The van der Waals surface area contributed by atoms with Crippen LogP contribution in [0.15, 0.2) is 72.3 Å². The molecule has 1 unspecified atom stereocenters. The largest absolute Gasteiger partial charge is 0.508 e. The minimum Gasteiger partial charge on any atom is -0.508 e. The number of methoxy groups -OCH3 is 2. The van der Waals surface area contributed by atoms with Crippen molar-refractivity contribution in [3.05, 3.63) is 99.6 Å². The van der Waals surface area contributed by atoms with E-state index in [2.05, 4.69) is 0 Å². The molecule has 3 aromatic carbocycles. The number of hydrogen-bond donors (Lipinski definition) is 2. The van der Waals surface area contributed by atoms with Crippen LogP contribution in [0.3, 0.4) is 0 Å². The van der Waals surface area contributed by atoms with Crippen molar-refractivity contribution < 1.29 is 34.1 Å². The molecular formula is C27H22ClNO7. The van der Waals surface area contributed by atoms with Crippen LogP contribution in [-0.2, 0) is 20.9 Å². The second-order valence-electron chi connectivity index (χ2n) is 8.06. The van der Waals surface area contributed by atoms with Crippen molar-refractivity contribution in [1.82, 2.24) is 4.90 Å². The topological polar surface area (TPSA) is 113 Å². The number of halogens is 1. The van der Waals surface area contributed by atoms with Gasteiger partial charge >= 0.3 is 5.97 Å². The van der Waals surface area contributed by atoms with Gasteiger partial charge in [0.1, 0.15) is 17.3 Å².